The number of nitrogens with one attached hydrogen (secondary N) is 1. The number of aliphatic carboxylic acids is 1. The van der Waals surface area contributed by atoms with Crippen molar-refractivity contribution in [1.29, 1.82) is 0 Å². The molecule has 0 bridgehead atoms. The van der Waals surface area contributed by atoms with Gasteiger partial charge in [0.05, 0.1) is 6.20 Å². The fraction of sp³-hybridized carbons (Fsp3) is 0.167. The number of rotatable bonds is 6. The van der Waals surface area contributed by atoms with Gasteiger partial charge in [-0.15, -0.1) is 11.3 Å². The van der Waals surface area contributed by atoms with Gasteiger partial charge in [0.1, 0.15) is 4.90 Å². The van der Waals surface area contributed by atoms with Gasteiger partial charge in [-0.2, -0.15) is 5.10 Å². The topological polar surface area (TPSA) is 101 Å². The van der Waals surface area contributed by atoms with Crippen LogP contribution in [0.3, 0.4) is 0 Å². The van der Waals surface area contributed by atoms with Crippen LogP contribution in [0.5, 0.6) is 0 Å². The zero-order chi connectivity index (χ0) is 15.5. The highest BCUT2D eigenvalue weighted by Gasteiger charge is 2.16. The second-order valence-corrected chi connectivity index (χ2v) is 6.91. The summed E-state index contributed by atoms with van der Waals surface area (Å²) in [6.07, 6.45) is 5.12. The highest BCUT2D eigenvalue weighted by molar-refractivity contribution is 7.89. The lowest BCUT2D eigenvalue weighted by Gasteiger charge is -2.04. The van der Waals surface area contributed by atoms with Crippen LogP contribution in [0.4, 0.5) is 0 Å². The van der Waals surface area contributed by atoms with Crippen molar-refractivity contribution in [2.75, 3.05) is 0 Å². The highest BCUT2D eigenvalue weighted by atomic mass is 32.2. The van der Waals surface area contributed by atoms with Gasteiger partial charge in [-0.05, 0) is 23.1 Å². The van der Waals surface area contributed by atoms with Gasteiger partial charge in [0.25, 0.3) is 0 Å². The van der Waals surface area contributed by atoms with Gasteiger partial charge >= 0.3 is 5.97 Å². The molecule has 112 valence electrons. The van der Waals surface area contributed by atoms with Crippen LogP contribution < -0.4 is 4.72 Å². The van der Waals surface area contributed by atoms with Gasteiger partial charge in [0.15, 0.2) is 0 Å². The molecule has 0 unspecified atom stereocenters. The molecule has 0 aliphatic rings. The van der Waals surface area contributed by atoms with Crippen LogP contribution in [0.25, 0.3) is 6.08 Å². The molecule has 0 saturated heterocycles. The van der Waals surface area contributed by atoms with E-state index in [-0.39, 0.29) is 11.4 Å². The summed E-state index contributed by atoms with van der Waals surface area (Å²) >= 11 is 1.35. The molecule has 0 aromatic carbocycles. The first-order valence-electron chi connectivity index (χ1n) is 5.84. The molecule has 0 spiro atoms. The van der Waals surface area contributed by atoms with Crippen molar-refractivity contribution in [3.63, 3.8) is 0 Å². The fourth-order valence-electron chi connectivity index (χ4n) is 1.59. The predicted molar refractivity (Wildman–Crippen MR) is 78.2 cm³/mol. The third-order valence-corrected chi connectivity index (χ3v) is 4.89. The molecule has 0 aliphatic carbocycles. The molecular weight excluding hydrogens is 314 g/mol. The lowest BCUT2D eigenvalue weighted by Crippen LogP contribution is -2.22. The summed E-state index contributed by atoms with van der Waals surface area (Å²) < 4.78 is 28.0. The Bertz CT molecular complexity index is 774. The standard InChI is InChI=1S/C12H13N3O4S2/c1-15-8-10(6-13-15)21(18,19)14-7-11-9(4-5-20-11)2-3-12(16)17/h2-6,8,14H,7H2,1H3,(H,16,17)/b3-2+. The smallest absolute Gasteiger partial charge is 0.328 e. The first-order chi connectivity index (χ1) is 9.88. The maximum atomic E-state index is 12.0. The number of aromatic nitrogens is 2. The Morgan fingerprint density at radius 1 is 1.57 bits per heavy atom. The molecule has 0 amide bonds. The number of carbonyl (C=O) groups is 1. The van der Waals surface area contributed by atoms with Crippen molar-refractivity contribution in [2.24, 2.45) is 7.05 Å². The van der Waals surface area contributed by atoms with E-state index >= 15 is 0 Å². The van der Waals surface area contributed by atoms with Crippen molar-refractivity contribution >= 4 is 33.4 Å². The number of hydrogen-bond donors (Lipinski definition) is 2. The van der Waals surface area contributed by atoms with Gasteiger partial charge in [-0.1, -0.05) is 0 Å². The second kappa shape index (κ2) is 6.20. The minimum absolute atomic E-state index is 0.0872. The Hall–Kier alpha value is -1.97. The van der Waals surface area contributed by atoms with Gasteiger partial charge < -0.3 is 5.11 Å². The summed E-state index contributed by atoms with van der Waals surface area (Å²) in [4.78, 5) is 11.3. The molecule has 2 rings (SSSR count). The molecule has 7 nitrogen and oxygen atoms in total. The lowest BCUT2D eigenvalue weighted by molar-refractivity contribution is -0.131. The van der Waals surface area contributed by atoms with Crippen LogP contribution in [0.1, 0.15) is 10.4 Å². The van der Waals surface area contributed by atoms with Crippen LogP contribution in [-0.4, -0.2) is 29.3 Å². The van der Waals surface area contributed by atoms with E-state index in [9.17, 15) is 13.2 Å². The number of carboxylic acid groups (broad SMARTS) is 1. The van der Waals surface area contributed by atoms with E-state index in [1.54, 1.807) is 18.5 Å². The Balaban J connectivity index is 2.10. The third kappa shape index (κ3) is 4.00. The Kier molecular flexibility index (Phi) is 4.56. The fourth-order valence-corrected chi connectivity index (χ4v) is 3.46. The van der Waals surface area contributed by atoms with E-state index in [0.29, 0.717) is 5.56 Å². The molecule has 2 N–H and O–H groups in total. The van der Waals surface area contributed by atoms with Gasteiger partial charge in [0.2, 0.25) is 10.0 Å². The first kappa shape index (κ1) is 15.4. The first-order valence-corrected chi connectivity index (χ1v) is 8.20. The van der Waals surface area contributed by atoms with E-state index in [0.717, 1.165) is 11.0 Å². The third-order valence-electron chi connectivity index (χ3n) is 2.60. The van der Waals surface area contributed by atoms with Crippen LogP contribution in [0.2, 0.25) is 0 Å². The number of carboxylic acids is 1. The minimum Gasteiger partial charge on any atom is -0.478 e. The summed E-state index contributed by atoms with van der Waals surface area (Å²) in [6, 6.07) is 1.73. The number of hydrogen-bond acceptors (Lipinski definition) is 5. The van der Waals surface area contributed by atoms with Crippen molar-refractivity contribution in [3.8, 4) is 0 Å². The molecule has 0 saturated carbocycles. The summed E-state index contributed by atoms with van der Waals surface area (Å²) in [6.45, 7) is 0.0915. The average Bonchev–Trinajstić information content (AvgIpc) is 3.03. The molecule has 21 heavy (non-hydrogen) atoms. The van der Waals surface area contributed by atoms with Crippen LogP contribution in [0, 0.1) is 0 Å². The maximum absolute atomic E-state index is 12.0. The van der Waals surface area contributed by atoms with E-state index < -0.39 is 16.0 Å². The number of nitrogens with zero attached hydrogens (tertiary/aromatic N) is 2. The predicted octanol–water partition coefficient (Wildman–Crippen LogP) is 1.06. The molecule has 9 heteroatoms. The Morgan fingerprint density at radius 2 is 2.33 bits per heavy atom. The van der Waals surface area contributed by atoms with E-state index in [1.807, 2.05) is 0 Å². The van der Waals surface area contributed by atoms with Crippen molar-refractivity contribution in [1.82, 2.24) is 14.5 Å². The largest absolute Gasteiger partial charge is 0.478 e. The van der Waals surface area contributed by atoms with Crippen LogP contribution >= 0.6 is 11.3 Å². The molecule has 2 aromatic heterocycles. The lowest BCUT2D eigenvalue weighted by atomic mass is 10.2. The SMILES string of the molecule is Cn1cc(S(=O)(=O)NCc2sccc2/C=C/C(=O)O)cn1. The molecule has 0 aliphatic heterocycles. The van der Waals surface area contributed by atoms with Gasteiger partial charge in [0, 0.05) is 30.7 Å². The molecule has 0 radical (unpaired) electrons. The molecule has 2 aromatic rings. The number of thiophene rings is 1. The van der Waals surface area contributed by atoms with Gasteiger partial charge in [-0.25, -0.2) is 17.9 Å². The second-order valence-electron chi connectivity index (χ2n) is 4.14. The average molecular weight is 327 g/mol. The van der Waals surface area contributed by atoms with E-state index in [4.69, 9.17) is 5.11 Å². The normalized spacial score (nSPS) is 12.0. The van der Waals surface area contributed by atoms with E-state index in [2.05, 4.69) is 9.82 Å². The maximum Gasteiger partial charge on any atom is 0.328 e. The highest BCUT2D eigenvalue weighted by Crippen LogP contribution is 2.19. The van der Waals surface area contributed by atoms with Gasteiger partial charge in [-0.3, -0.25) is 4.68 Å². The zero-order valence-electron chi connectivity index (χ0n) is 11.1. The van der Waals surface area contributed by atoms with E-state index in [1.165, 1.54) is 34.5 Å². The number of aryl methyl sites for hydroxylation is 1. The van der Waals surface area contributed by atoms with Crippen molar-refractivity contribution in [2.45, 2.75) is 11.4 Å². The monoisotopic (exact) mass is 327 g/mol. The summed E-state index contributed by atoms with van der Waals surface area (Å²) in [7, 11) is -2.00. The summed E-state index contributed by atoms with van der Waals surface area (Å²) in [5.74, 6) is -1.05. The molecule has 0 fully saturated rings. The van der Waals surface area contributed by atoms with Crippen LogP contribution in [0.15, 0.2) is 34.8 Å². The molecule has 0 atom stereocenters. The Morgan fingerprint density at radius 3 is 2.95 bits per heavy atom. The zero-order valence-corrected chi connectivity index (χ0v) is 12.7. The van der Waals surface area contributed by atoms with Crippen molar-refractivity contribution < 1.29 is 18.3 Å². The summed E-state index contributed by atoms with van der Waals surface area (Å²) in [5, 5.41) is 14.2. The van der Waals surface area contributed by atoms with Crippen LogP contribution in [-0.2, 0) is 28.4 Å². The van der Waals surface area contributed by atoms with Crippen molar-refractivity contribution in [3.05, 3.63) is 40.4 Å². The molecule has 2 heterocycles. The minimum atomic E-state index is -3.63. The Labute approximate surface area is 125 Å². The quantitative estimate of drug-likeness (QED) is 0.773. The number of sulfonamides is 1. The summed E-state index contributed by atoms with van der Waals surface area (Å²) in [5.41, 5.74) is 0.677. The molecular formula is C12H13N3O4S2.